The highest BCUT2D eigenvalue weighted by Crippen LogP contribution is 2.35. The molecule has 0 bridgehead atoms. The average Bonchev–Trinajstić information content (AvgIpc) is 3.70. The molecule has 34 heavy (non-hydrogen) atoms. The lowest BCUT2D eigenvalue weighted by atomic mass is 10.0. The van der Waals surface area contributed by atoms with E-state index in [2.05, 4.69) is 10.2 Å². The number of aromatic nitrogens is 2. The van der Waals surface area contributed by atoms with Crippen molar-refractivity contribution in [2.75, 3.05) is 32.8 Å². The van der Waals surface area contributed by atoms with Crippen molar-refractivity contribution < 1.29 is 9.53 Å². The molecule has 2 fully saturated rings. The Hall–Kier alpha value is -2.74. The summed E-state index contributed by atoms with van der Waals surface area (Å²) in [6.07, 6.45) is 2.67. The first-order valence-electron chi connectivity index (χ1n) is 11.9. The van der Waals surface area contributed by atoms with Gasteiger partial charge >= 0.3 is 0 Å². The number of amides is 1. The van der Waals surface area contributed by atoms with E-state index in [1.165, 1.54) is 0 Å². The molecule has 178 valence electrons. The third kappa shape index (κ3) is 5.02. The van der Waals surface area contributed by atoms with E-state index in [1.54, 1.807) is 4.57 Å². The number of nitrogens with one attached hydrogen (secondary N) is 1. The lowest BCUT2D eigenvalue weighted by Gasteiger charge is -2.35. The summed E-state index contributed by atoms with van der Waals surface area (Å²) in [5.74, 6) is 0.632. The van der Waals surface area contributed by atoms with Crippen LogP contribution in [0.5, 0.6) is 0 Å². The van der Waals surface area contributed by atoms with E-state index < -0.39 is 0 Å². The number of aryl methyl sites for hydroxylation is 1. The van der Waals surface area contributed by atoms with Crippen molar-refractivity contribution in [2.24, 2.45) is 0 Å². The highest BCUT2D eigenvalue weighted by Gasteiger charge is 2.29. The minimum Gasteiger partial charge on any atom is -0.379 e. The predicted octanol–water partition coefficient (Wildman–Crippen LogP) is 3.51. The smallest absolute Gasteiger partial charge is 0.261 e. The normalized spacial score (nSPS) is 17.6. The molecule has 1 N–H and O–H groups in total. The third-order valence-corrected chi connectivity index (χ3v) is 6.96. The van der Waals surface area contributed by atoms with Crippen LogP contribution in [0, 0.1) is 0 Å². The van der Waals surface area contributed by atoms with Gasteiger partial charge in [0.2, 0.25) is 5.91 Å². The van der Waals surface area contributed by atoms with Crippen molar-refractivity contribution in [1.29, 1.82) is 0 Å². The molecule has 3 aromatic rings. The first-order valence-corrected chi connectivity index (χ1v) is 12.3. The van der Waals surface area contributed by atoms with Crippen molar-refractivity contribution in [2.45, 2.75) is 37.8 Å². The average molecular weight is 481 g/mol. The van der Waals surface area contributed by atoms with E-state index in [0.29, 0.717) is 47.9 Å². The summed E-state index contributed by atoms with van der Waals surface area (Å²) >= 11 is 6.50. The molecule has 0 radical (unpaired) electrons. The maximum Gasteiger partial charge on any atom is 0.261 e. The van der Waals surface area contributed by atoms with Crippen molar-refractivity contribution in [3.8, 4) is 0 Å². The molecule has 1 saturated carbocycles. The molecule has 5 rings (SSSR count). The molecule has 7 nitrogen and oxygen atoms in total. The Morgan fingerprint density at radius 1 is 1.12 bits per heavy atom. The fraction of sp³-hybridized carbons (Fsp3) is 0.423. The zero-order chi connectivity index (χ0) is 23.5. The number of benzene rings is 2. The number of fused-ring (bicyclic) bond motifs is 1. The second-order valence-electron chi connectivity index (χ2n) is 8.94. The van der Waals surface area contributed by atoms with E-state index in [9.17, 15) is 9.59 Å². The van der Waals surface area contributed by atoms with Gasteiger partial charge in [0.1, 0.15) is 5.82 Å². The van der Waals surface area contributed by atoms with Crippen molar-refractivity contribution in [3.05, 3.63) is 75.3 Å². The largest absolute Gasteiger partial charge is 0.379 e. The standard InChI is InChI=1S/C26H29ClN4O3/c27-21-7-3-1-5-19(21)23(30-13-15-34-16-14-30)17-28-25(32)12-11-24-29-22-8-4-2-6-20(22)26(33)31(24)18-9-10-18/h1-8,18,23H,9-17H2,(H,28,32). The summed E-state index contributed by atoms with van der Waals surface area (Å²) in [6.45, 7) is 3.38. The second kappa shape index (κ2) is 10.3. The van der Waals surface area contributed by atoms with Crippen LogP contribution in [-0.4, -0.2) is 53.2 Å². The van der Waals surface area contributed by atoms with E-state index in [0.717, 1.165) is 31.5 Å². The number of carbonyl (C=O) groups excluding carboxylic acids is 1. The molecular formula is C26H29ClN4O3. The van der Waals surface area contributed by atoms with Crippen LogP contribution in [0.25, 0.3) is 10.9 Å². The van der Waals surface area contributed by atoms with Gasteiger partial charge in [0.05, 0.1) is 30.2 Å². The van der Waals surface area contributed by atoms with Crippen LogP contribution >= 0.6 is 11.6 Å². The van der Waals surface area contributed by atoms with Crippen molar-refractivity contribution in [1.82, 2.24) is 19.8 Å². The molecule has 1 aliphatic carbocycles. The second-order valence-corrected chi connectivity index (χ2v) is 9.35. The van der Waals surface area contributed by atoms with Gasteiger partial charge in [-0.3, -0.25) is 19.1 Å². The third-order valence-electron chi connectivity index (χ3n) is 6.61. The van der Waals surface area contributed by atoms with Crippen LogP contribution in [-0.2, 0) is 16.0 Å². The Morgan fingerprint density at radius 3 is 2.62 bits per heavy atom. The Bertz CT molecular complexity index is 1230. The SMILES string of the molecule is O=C(CCc1nc2ccccc2c(=O)n1C1CC1)NCC(c1ccccc1Cl)N1CCOCC1. The molecule has 1 unspecified atom stereocenters. The molecular weight excluding hydrogens is 452 g/mol. The minimum absolute atomic E-state index is 0.00499. The first kappa shape index (κ1) is 23.0. The Kier molecular flexibility index (Phi) is 6.94. The molecule has 8 heteroatoms. The van der Waals surface area contributed by atoms with Gasteiger partial charge in [0.25, 0.3) is 5.56 Å². The number of hydrogen-bond donors (Lipinski definition) is 1. The van der Waals surface area contributed by atoms with Crippen LogP contribution in [0.3, 0.4) is 0 Å². The molecule has 1 saturated heterocycles. The zero-order valence-electron chi connectivity index (χ0n) is 19.1. The molecule has 1 amide bonds. The molecule has 0 spiro atoms. The minimum atomic E-state index is -0.0601. The fourth-order valence-corrected chi connectivity index (χ4v) is 4.93. The Balaban J connectivity index is 1.28. The summed E-state index contributed by atoms with van der Waals surface area (Å²) in [5, 5.41) is 4.43. The highest BCUT2D eigenvalue weighted by molar-refractivity contribution is 6.31. The van der Waals surface area contributed by atoms with Crippen molar-refractivity contribution >= 4 is 28.4 Å². The maximum atomic E-state index is 13.0. The van der Waals surface area contributed by atoms with Crippen LogP contribution < -0.4 is 10.9 Å². The lowest BCUT2D eigenvalue weighted by molar-refractivity contribution is -0.121. The van der Waals surface area contributed by atoms with Crippen LogP contribution in [0.15, 0.2) is 53.3 Å². The quantitative estimate of drug-likeness (QED) is 0.534. The van der Waals surface area contributed by atoms with Gasteiger partial charge in [-0.15, -0.1) is 0 Å². The number of carbonyl (C=O) groups is 1. The summed E-state index contributed by atoms with van der Waals surface area (Å²) < 4.78 is 7.31. The van der Waals surface area contributed by atoms with Gasteiger partial charge in [-0.05, 0) is 36.6 Å². The van der Waals surface area contributed by atoms with E-state index >= 15 is 0 Å². The zero-order valence-corrected chi connectivity index (χ0v) is 19.8. The summed E-state index contributed by atoms with van der Waals surface area (Å²) in [6, 6.07) is 15.4. The van der Waals surface area contributed by atoms with Crippen LogP contribution in [0.1, 0.15) is 42.7 Å². The van der Waals surface area contributed by atoms with Gasteiger partial charge in [0, 0.05) is 43.5 Å². The molecule has 2 heterocycles. The van der Waals surface area contributed by atoms with Gasteiger partial charge in [-0.2, -0.15) is 0 Å². The Morgan fingerprint density at radius 2 is 1.85 bits per heavy atom. The topological polar surface area (TPSA) is 76.5 Å². The fourth-order valence-electron chi connectivity index (χ4n) is 4.67. The van der Waals surface area contributed by atoms with Crippen LogP contribution in [0.2, 0.25) is 5.02 Å². The number of nitrogens with zero attached hydrogens (tertiary/aromatic N) is 3. The molecule has 1 aromatic heterocycles. The van der Waals surface area contributed by atoms with Gasteiger partial charge in [0.15, 0.2) is 0 Å². The first-order chi connectivity index (χ1) is 16.6. The molecule has 2 aliphatic rings. The number of ether oxygens (including phenoxy) is 1. The number of rotatable bonds is 8. The molecule has 1 atom stereocenters. The van der Waals surface area contributed by atoms with Crippen molar-refractivity contribution in [3.63, 3.8) is 0 Å². The lowest BCUT2D eigenvalue weighted by Crippen LogP contribution is -2.44. The number of halogens is 1. The maximum absolute atomic E-state index is 13.0. The van der Waals surface area contributed by atoms with Gasteiger partial charge in [-0.25, -0.2) is 4.98 Å². The number of morpholine rings is 1. The highest BCUT2D eigenvalue weighted by atomic mass is 35.5. The summed E-state index contributed by atoms with van der Waals surface area (Å²) in [7, 11) is 0. The monoisotopic (exact) mass is 480 g/mol. The predicted molar refractivity (Wildman–Crippen MR) is 132 cm³/mol. The number of para-hydroxylation sites is 1. The van der Waals surface area contributed by atoms with Gasteiger partial charge < -0.3 is 10.1 Å². The van der Waals surface area contributed by atoms with Crippen LogP contribution in [0.4, 0.5) is 0 Å². The van der Waals surface area contributed by atoms with E-state index in [1.807, 2.05) is 48.5 Å². The van der Waals surface area contributed by atoms with Gasteiger partial charge in [-0.1, -0.05) is 41.9 Å². The summed E-state index contributed by atoms with van der Waals surface area (Å²) in [5.41, 5.74) is 1.69. The van der Waals surface area contributed by atoms with E-state index in [-0.39, 0.29) is 30.0 Å². The molecule has 2 aromatic carbocycles. The van der Waals surface area contributed by atoms with E-state index in [4.69, 9.17) is 21.3 Å². The number of hydrogen-bond acceptors (Lipinski definition) is 5. The summed E-state index contributed by atoms with van der Waals surface area (Å²) in [4.78, 5) is 33.0. The Labute approximate surface area is 203 Å². The molecule has 1 aliphatic heterocycles.